The van der Waals surface area contributed by atoms with E-state index in [2.05, 4.69) is 10.1 Å². The van der Waals surface area contributed by atoms with Crippen LogP contribution in [0.4, 0.5) is 0 Å². The SMILES string of the molecule is COC(=O)CCC(=O)N[C@H]1CO[C@H]2[C@@H]1OC[C@H]2OCc1ccccc1. The van der Waals surface area contributed by atoms with Crippen molar-refractivity contribution in [3.8, 4) is 0 Å². The minimum atomic E-state index is -0.401. The third-order valence-electron chi connectivity index (χ3n) is 4.45. The van der Waals surface area contributed by atoms with E-state index in [4.69, 9.17) is 14.2 Å². The molecule has 2 saturated heterocycles. The van der Waals surface area contributed by atoms with Gasteiger partial charge in [0.1, 0.15) is 18.3 Å². The minimum absolute atomic E-state index is 0.0632. The maximum atomic E-state index is 11.9. The number of rotatable bonds is 7. The smallest absolute Gasteiger partial charge is 0.306 e. The minimum Gasteiger partial charge on any atom is -0.469 e. The Morgan fingerprint density at radius 3 is 2.64 bits per heavy atom. The maximum absolute atomic E-state index is 11.9. The number of nitrogens with one attached hydrogen (secondary N) is 1. The number of hydrogen-bond acceptors (Lipinski definition) is 6. The van der Waals surface area contributed by atoms with E-state index in [9.17, 15) is 9.59 Å². The molecule has 0 spiro atoms. The van der Waals surface area contributed by atoms with Crippen LogP contribution in [0.5, 0.6) is 0 Å². The van der Waals surface area contributed by atoms with Crippen LogP contribution < -0.4 is 5.32 Å². The van der Waals surface area contributed by atoms with Gasteiger partial charge in [-0.3, -0.25) is 9.59 Å². The molecule has 0 aromatic heterocycles. The van der Waals surface area contributed by atoms with Crippen molar-refractivity contribution in [3.05, 3.63) is 35.9 Å². The molecule has 1 aromatic carbocycles. The number of hydrogen-bond donors (Lipinski definition) is 1. The molecule has 2 aliphatic heterocycles. The zero-order valence-electron chi connectivity index (χ0n) is 14.2. The molecule has 136 valence electrons. The van der Waals surface area contributed by atoms with Gasteiger partial charge >= 0.3 is 5.97 Å². The van der Waals surface area contributed by atoms with Crippen molar-refractivity contribution in [2.75, 3.05) is 20.3 Å². The molecular formula is C18H23NO6. The molecule has 3 rings (SSSR count). The molecule has 0 saturated carbocycles. The zero-order valence-corrected chi connectivity index (χ0v) is 14.2. The van der Waals surface area contributed by atoms with Crippen molar-refractivity contribution in [3.63, 3.8) is 0 Å². The van der Waals surface area contributed by atoms with E-state index in [0.717, 1.165) is 5.56 Å². The molecule has 1 aromatic rings. The van der Waals surface area contributed by atoms with Crippen molar-refractivity contribution in [1.29, 1.82) is 0 Å². The summed E-state index contributed by atoms with van der Waals surface area (Å²) in [6.45, 7) is 1.32. The van der Waals surface area contributed by atoms with Crippen LogP contribution in [0.1, 0.15) is 18.4 Å². The first-order valence-corrected chi connectivity index (χ1v) is 8.42. The highest BCUT2D eigenvalue weighted by atomic mass is 16.6. The van der Waals surface area contributed by atoms with Crippen LogP contribution in [0.2, 0.25) is 0 Å². The fourth-order valence-electron chi connectivity index (χ4n) is 3.10. The fourth-order valence-corrected chi connectivity index (χ4v) is 3.10. The zero-order chi connectivity index (χ0) is 17.6. The molecule has 2 fully saturated rings. The van der Waals surface area contributed by atoms with E-state index in [1.165, 1.54) is 7.11 Å². The molecule has 2 aliphatic rings. The first-order chi connectivity index (χ1) is 12.2. The Labute approximate surface area is 146 Å². The van der Waals surface area contributed by atoms with Crippen LogP contribution >= 0.6 is 0 Å². The Morgan fingerprint density at radius 2 is 1.88 bits per heavy atom. The molecule has 1 N–H and O–H groups in total. The molecule has 7 heteroatoms. The number of benzene rings is 1. The normalized spacial score (nSPS) is 27.7. The lowest BCUT2D eigenvalue weighted by Crippen LogP contribution is -2.44. The molecule has 0 radical (unpaired) electrons. The van der Waals surface area contributed by atoms with Gasteiger partial charge in [0.2, 0.25) is 5.91 Å². The lowest BCUT2D eigenvalue weighted by atomic mass is 10.1. The number of carbonyl (C=O) groups is 2. The summed E-state index contributed by atoms with van der Waals surface area (Å²) in [5.41, 5.74) is 1.09. The van der Waals surface area contributed by atoms with Gasteiger partial charge < -0.3 is 24.3 Å². The van der Waals surface area contributed by atoms with Crippen LogP contribution in [0.3, 0.4) is 0 Å². The van der Waals surface area contributed by atoms with Crippen LogP contribution in [0.15, 0.2) is 30.3 Å². The summed E-state index contributed by atoms with van der Waals surface area (Å²) in [6.07, 6.45) is -0.401. The summed E-state index contributed by atoms with van der Waals surface area (Å²) in [5.74, 6) is -0.612. The van der Waals surface area contributed by atoms with Crippen molar-refractivity contribution in [1.82, 2.24) is 5.32 Å². The third kappa shape index (κ3) is 4.56. The van der Waals surface area contributed by atoms with Gasteiger partial charge in [0.25, 0.3) is 0 Å². The molecule has 25 heavy (non-hydrogen) atoms. The van der Waals surface area contributed by atoms with Crippen LogP contribution in [-0.4, -0.2) is 56.6 Å². The number of carbonyl (C=O) groups excluding carboxylic acids is 2. The van der Waals surface area contributed by atoms with Gasteiger partial charge in [-0.25, -0.2) is 0 Å². The molecule has 0 bridgehead atoms. The highest BCUT2D eigenvalue weighted by Gasteiger charge is 2.48. The fraction of sp³-hybridized carbons (Fsp3) is 0.556. The van der Waals surface area contributed by atoms with E-state index < -0.39 is 5.97 Å². The Bertz CT molecular complexity index is 592. The predicted octanol–water partition coefficient (Wildman–Crippen LogP) is 0.807. The average Bonchev–Trinajstić information content (AvgIpc) is 3.22. The molecular weight excluding hydrogens is 326 g/mol. The van der Waals surface area contributed by atoms with E-state index in [-0.39, 0.29) is 43.1 Å². The lowest BCUT2D eigenvalue weighted by molar-refractivity contribution is -0.142. The van der Waals surface area contributed by atoms with Gasteiger partial charge in [0.15, 0.2) is 0 Å². The Morgan fingerprint density at radius 1 is 1.12 bits per heavy atom. The first-order valence-electron chi connectivity index (χ1n) is 8.42. The van der Waals surface area contributed by atoms with E-state index in [1.54, 1.807) is 0 Å². The number of esters is 1. The standard InChI is InChI=1S/C18H23NO6/c1-22-16(21)8-7-15(20)19-13-10-24-18-14(11-25-17(13)18)23-9-12-5-3-2-4-6-12/h2-6,13-14,17-18H,7-11H2,1H3,(H,19,20)/t13-,14+,17+,18+/m0/s1. The van der Waals surface area contributed by atoms with Gasteiger partial charge in [-0.1, -0.05) is 30.3 Å². The summed E-state index contributed by atoms with van der Waals surface area (Å²) < 4.78 is 22.0. The second-order valence-corrected chi connectivity index (χ2v) is 6.18. The largest absolute Gasteiger partial charge is 0.469 e. The highest BCUT2D eigenvalue weighted by molar-refractivity contribution is 5.81. The molecule has 2 heterocycles. The predicted molar refractivity (Wildman–Crippen MR) is 87.7 cm³/mol. The molecule has 4 atom stereocenters. The van der Waals surface area contributed by atoms with E-state index >= 15 is 0 Å². The van der Waals surface area contributed by atoms with Crippen molar-refractivity contribution in [2.45, 2.75) is 43.8 Å². The average molecular weight is 349 g/mol. The summed E-state index contributed by atoms with van der Waals surface area (Å²) in [6, 6.07) is 9.70. The number of fused-ring (bicyclic) bond motifs is 1. The Hall–Kier alpha value is -1.96. The Balaban J connectivity index is 1.45. The summed E-state index contributed by atoms with van der Waals surface area (Å²) in [7, 11) is 1.30. The van der Waals surface area contributed by atoms with Gasteiger partial charge in [-0.2, -0.15) is 0 Å². The van der Waals surface area contributed by atoms with Crippen molar-refractivity contribution < 1.29 is 28.5 Å². The van der Waals surface area contributed by atoms with Crippen LogP contribution in [0, 0.1) is 0 Å². The summed E-state index contributed by atoms with van der Waals surface area (Å²) >= 11 is 0. The van der Waals surface area contributed by atoms with E-state index in [0.29, 0.717) is 19.8 Å². The van der Waals surface area contributed by atoms with Crippen LogP contribution in [-0.2, 0) is 35.1 Å². The second-order valence-electron chi connectivity index (χ2n) is 6.18. The van der Waals surface area contributed by atoms with Gasteiger partial charge in [0, 0.05) is 6.42 Å². The number of ether oxygens (including phenoxy) is 4. The topological polar surface area (TPSA) is 83.1 Å². The Kier molecular flexibility index (Phi) is 6.01. The summed E-state index contributed by atoms with van der Waals surface area (Å²) in [4.78, 5) is 23.0. The van der Waals surface area contributed by atoms with Gasteiger partial charge in [-0.15, -0.1) is 0 Å². The monoisotopic (exact) mass is 349 g/mol. The third-order valence-corrected chi connectivity index (χ3v) is 4.45. The number of amides is 1. The maximum Gasteiger partial charge on any atom is 0.306 e. The van der Waals surface area contributed by atoms with Gasteiger partial charge in [-0.05, 0) is 5.56 Å². The quantitative estimate of drug-likeness (QED) is 0.734. The van der Waals surface area contributed by atoms with Crippen molar-refractivity contribution >= 4 is 11.9 Å². The molecule has 0 aliphatic carbocycles. The molecule has 1 amide bonds. The first kappa shape index (κ1) is 17.8. The number of methoxy groups -OCH3 is 1. The van der Waals surface area contributed by atoms with E-state index in [1.807, 2.05) is 30.3 Å². The lowest BCUT2D eigenvalue weighted by Gasteiger charge is -2.18. The van der Waals surface area contributed by atoms with Gasteiger partial charge in [0.05, 0.1) is 39.4 Å². The summed E-state index contributed by atoms with van der Waals surface area (Å²) in [5, 5.41) is 2.87. The molecule has 7 nitrogen and oxygen atoms in total. The second kappa shape index (κ2) is 8.42. The highest BCUT2D eigenvalue weighted by Crippen LogP contribution is 2.29. The molecule has 0 unspecified atom stereocenters. The van der Waals surface area contributed by atoms with Crippen LogP contribution in [0.25, 0.3) is 0 Å². The van der Waals surface area contributed by atoms with Crippen molar-refractivity contribution in [2.24, 2.45) is 0 Å².